The molecule has 0 aliphatic carbocycles. The predicted molar refractivity (Wildman–Crippen MR) is 102 cm³/mol. The molecule has 3 aromatic rings. The number of amides is 1. The van der Waals surface area contributed by atoms with E-state index in [4.69, 9.17) is 4.52 Å². The van der Waals surface area contributed by atoms with Gasteiger partial charge >= 0.3 is 6.61 Å². The van der Waals surface area contributed by atoms with Crippen LogP contribution in [0.25, 0.3) is 11.3 Å². The zero-order valence-corrected chi connectivity index (χ0v) is 16.6. The average molecular weight is 407 g/mol. The maximum atomic E-state index is 12.6. The lowest BCUT2D eigenvalue weighted by Gasteiger charge is -2.10. The maximum absolute atomic E-state index is 12.6. The van der Waals surface area contributed by atoms with E-state index in [0.29, 0.717) is 22.3 Å². The minimum atomic E-state index is -2.87. The van der Waals surface area contributed by atoms with Crippen LogP contribution in [0.5, 0.6) is 5.75 Å². The van der Waals surface area contributed by atoms with Crippen molar-refractivity contribution >= 4 is 22.4 Å². The van der Waals surface area contributed by atoms with Gasteiger partial charge < -0.3 is 14.6 Å². The van der Waals surface area contributed by atoms with Gasteiger partial charge in [-0.05, 0) is 52.0 Å². The average Bonchev–Trinajstić information content (AvgIpc) is 3.16. The Morgan fingerprint density at radius 1 is 1.21 bits per heavy atom. The number of thiazole rings is 1. The third-order valence-electron chi connectivity index (χ3n) is 4.29. The highest BCUT2D eigenvalue weighted by Crippen LogP contribution is 2.32. The summed E-state index contributed by atoms with van der Waals surface area (Å²) in [4.78, 5) is 18.0. The number of alkyl halides is 2. The van der Waals surface area contributed by atoms with E-state index in [1.807, 2.05) is 6.92 Å². The molecule has 0 bridgehead atoms. The van der Waals surface area contributed by atoms with Crippen LogP contribution in [-0.2, 0) is 4.79 Å². The van der Waals surface area contributed by atoms with Crippen LogP contribution < -0.4 is 10.1 Å². The molecule has 0 spiro atoms. The molecule has 6 nitrogen and oxygen atoms in total. The van der Waals surface area contributed by atoms with E-state index in [1.165, 1.54) is 23.5 Å². The summed E-state index contributed by atoms with van der Waals surface area (Å²) in [5.74, 6) is 0.0378. The van der Waals surface area contributed by atoms with Crippen LogP contribution in [0.15, 0.2) is 28.8 Å². The Bertz CT molecular complexity index is 963. The number of ether oxygens (including phenoxy) is 1. The summed E-state index contributed by atoms with van der Waals surface area (Å²) in [5, 5.41) is 7.17. The molecule has 148 valence electrons. The van der Waals surface area contributed by atoms with Crippen molar-refractivity contribution in [2.45, 2.75) is 40.2 Å². The van der Waals surface area contributed by atoms with E-state index in [-0.39, 0.29) is 11.7 Å². The molecule has 1 N–H and O–H groups in total. The lowest BCUT2D eigenvalue weighted by atomic mass is 9.99. The van der Waals surface area contributed by atoms with Crippen molar-refractivity contribution in [3.63, 3.8) is 0 Å². The summed E-state index contributed by atoms with van der Waals surface area (Å²) in [6, 6.07) is 6.21. The number of aryl methyl sites for hydroxylation is 3. The lowest BCUT2D eigenvalue weighted by Crippen LogP contribution is -2.19. The molecular formula is C19H19F2N3O3S. The minimum absolute atomic E-state index is 0.0773. The number of carbonyl (C=O) groups is 1. The quantitative estimate of drug-likeness (QED) is 0.617. The minimum Gasteiger partial charge on any atom is -0.435 e. The van der Waals surface area contributed by atoms with E-state index in [0.717, 1.165) is 16.0 Å². The lowest BCUT2D eigenvalue weighted by molar-refractivity contribution is -0.117. The summed E-state index contributed by atoms with van der Waals surface area (Å²) in [6.45, 7) is 4.36. The Morgan fingerprint density at radius 3 is 2.46 bits per heavy atom. The molecule has 2 aromatic heterocycles. The molecule has 1 aromatic carbocycles. The van der Waals surface area contributed by atoms with Gasteiger partial charge in [0.1, 0.15) is 11.5 Å². The molecule has 0 aliphatic heterocycles. The number of anilines is 1. The number of rotatable bonds is 6. The molecule has 3 rings (SSSR count). The highest BCUT2D eigenvalue weighted by atomic mass is 32.1. The van der Waals surface area contributed by atoms with E-state index >= 15 is 0 Å². The van der Waals surface area contributed by atoms with Crippen LogP contribution in [0.4, 0.5) is 13.9 Å². The first kappa shape index (κ1) is 19.9. The van der Waals surface area contributed by atoms with Gasteiger partial charge in [-0.25, -0.2) is 4.98 Å². The summed E-state index contributed by atoms with van der Waals surface area (Å²) in [7, 11) is 0. The zero-order chi connectivity index (χ0) is 20.4. The van der Waals surface area contributed by atoms with Crippen LogP contribution in [0.1, 0.15) is 34.7 Å². The number of hydrogen-bond donors (Lipinski definition) is 1. The molecule has 2 heterocycles. The van der Waals surface area contributed by atoms with Crippen molar-refractivity contribution in [1.29, 1.82) is 0 Å². The molecule has 9 heteroatoms. The molecule has 28 heavy (non-hydrogen) atoms. The fourth-order valence-electron chi connectivity index (χ4n) is 2.96. The number of nitrogens with one attached hydrogen (secondary N) is 1. The van der Waals surface area contributed by atoms with Crippen molar-refractivity contribution in [2.75, 3.05) is 5.32 Å². The van der Waals surface area contributed by atoms with Crippen molar-refractivity contribution in [3.05, 3.63) is 46.2 Å². The van der Waals surface area contributed by atoms with Crippen LogP contribution in [0.2, 0.25) is 0 Å². The van der Waals surface area contributed by atoms with Gasteiger partial charge in [-0.15, -0.1) is 11.3 Å². The van der Waals surface area contributed by atoms with Gasteiger partial charge in [0.25, 0.3) is 0 Å². The van der Waals surface area contributed by atoms with Gasteiger partial charge in [0, 0.05) is 16.0 Å². The van der Waals surface area contributed by atoms with Gasteiger partial charge in [-0.1, -0.05) is 5.16 Å². The SMILES string of the molecule is Cc1noc(C)c1C(C)C(=O)Nc1nc(-c2ccc(OC(F)F)cc2)c(C)s1. The van der Waals surface area contributed by atoms with Crippen molar-refractivity contribution in [3.8, 4) is 17.0 Å². The normalized spacial score (nSPS) is 12.2. The molecule has 1 amide bonds. The number of halogens is 2. The second-order valence-corrected chi connectivity index (χ2v) is 7.48. The van der Waals surface area contributed by atoms with Crippen molar-refractivity contribution in [1.82, 2.24) is 10.1 Å². The standard InChI is InChI=1S/C19H19F2N3O3S/c1-9(15-10(2)24-27-11(15)3)17(25)23-19-22-16(12(4)28-19)13-5-7-14(8-6-13)26-18(20)21/h5-9,18H,1-4H3,(H,22,23,25). The number of benzene rings is 1. The summed E-state index contributed by atoms with van der Waals surface area (Å²) in [5.41, 5.74) is 2.87. The molecule has 0 saturated heterocycles. The first-order valence-electron chi connectivity index (χ1n) is 8.52. The zero-order valence-electron chi connectivity index (χ0n) is 15.7. The fourth-order valence-corrected chi connectivity index (χ4v) is 3.80. The van der Waals surface area contributed by atoms with Crippen molar-refractivity contribution in [2.24, 2.45) is 0 Å². The number of aromatic nitrogens is 2. The van der Waals surface area contributed by atoms with Gasteiger partial charge in [0.05, 0.1) is 17.3 Å². The highest BCUT2D eigenvalue weighted by Gasteiger charge is 2.24. The number of hydrogen-bond acceptors (Lipinski definition) is 6. The fraction of sp³-hybridized carbons (Fsp3) is 0.316. The summed E-state index contributed by atoms with van der Waals surface area (Å²) in [6.07, 6.45) is 0. The van der Waals surface area contributed by atoms with E-state index in [2.05, 4.69) is 20.2 Å². The molecule has 0 fully saturated rings. The molecule has 0 radical (unpaired) electrons. The Kier molecular flexibility index (Phi) is 5.73. The number of nitrogens with zero attached hydrogens (tertiary/aromatic N) is 2. The Morgan fingerprint density at radius 2 is 1.89 bits per heavy atom. The van der Waals surface area contributed by atoms with E-state index < -0.39 is 12.5 Å². The monoisotopic (exact) mass is 407 g/mol. The van der Waals surface area contributed by atoms with Crippen molar-refractivity contribution < 1.29 is 22.8 Å². The largest absolute Gasteiger partial charge is 0.435 e. The van der Waals surface area contributed by atoms with Crippen LogP contribution in [0.3, 0.4) is 0 Å². The van der Waals surface area contributed by atoms with Crippen LogP contribution in [0, 0.1) is 20.8 Å². The summed E-state index contributed by atoms with van der Waals surface area (Å²) >= 11 is 1.34. The maximum Gasteiger partial charge on any atom is 0.387 e. The second-order valence-electron chi connectivity index (χ2n) is 6.28. The molecular weight excluding hydrogens is 388 g/mol. The Hall–Kier alpha value is -2.81. The third kappa shape index (κ3) is 4.19. The Labute approximate surface area is 164 Å². The van der Waals surface area contributed by atoms with Gasteiger partial charge in [-0.3, -0.25) is 4.79 Å². The predicted octanol–water partition coefficient (Wildman–Crippen LogP) is 5.07. The molecule has 0 saturated carbocycles. The second kappa shape index (κ2) is 8.05. The highest BCUT2D eigenvalue weighted by molar-refractivity contribution is 7.16. The Balaban J connectivity index is 1.76. The van der Waals surface area contributed by atoms with E-state index in [9.17, 15) is 13.6 Å². The van der Waals surface area contributed by atoms with Gasteiger partial charge in [0.15, 0.2) is 5.13 Å². The summed E-state index contributed by atoms with van der Waals surface area (Å²) < 4.78 is 34.0. The van der Waals surface area contributed by atoms with Gasteiger partial charge in [-0.2, -0.15) is 8.78 Å². The molecule has 0 aliphatic rings. The van der Waals surface area contributed by atoms with Crippen LogP contribution >= 0.6 is 11.3 Å². The third-order valence-corrected chi connectivity index (χ3v) is 5.18. The van der Waals surface area contributed by atoms with Crippen LogP contribution in [-0.4, -0.2) is 22.7 Å². The first-order chi connectivity index (χ1) is 13.3. The molecule has 1 atom stereocenters. The van der Waals surface area contributed by atoms with Gasteiger partial charge in [0.2, 0.25) is 5.91 Å². The smallest absolute Gasteiger partial charge is 0.387 e. The number of carbonyl (C=O) groups excluding carboxylic acids is 1. The molecule has 1 unspecified atom stereocenters. The van der Waals surface area contributed by atoms with E-state index in [1.54, 1.807) is 32.9 Å². The first-order valence-corrected chi connectivity index (χ1v) is 9.34. The topological polar surface area (TPSA) is 77.3 Å².